The number of likely N-dealkylation sites (tertiary alicyclic amines) is 1. The highest BCUT2D eigenvalue weighted by atomic mass is 16.6. The maximum Gasteiger partial charge on any atom is 0.410 e. The van der Waals surface area contributed by atoms with Gasteiger partial charge >= 0.3 is 12.2 Å². The minimum Gasteiger partial charge on any atom is -0.446 e. The first kappa shape index (κ1) is 20.2. The molecule has 27 heavy (non-hydrogen) atoms. The first-order valence-electron chi connectivity index (χ1n) is 10.1. The fourth-order valence-corrected chi connectivity index (χ4v) is 3.56. The van der Waals surface area contributed by atoms with Crippen molar-refractivity contribution in [1.29, 1.82) is 0 Å². The Bertz CT molecular complexity index is 516. The number of hydrogen-bond acceptors (Lipinski definition) is 6. The average Bonchev–Trinajstić information content (AvgIpc) is 2.59. The average molecular weight is 383 g/mol. The van der Waals surface area contributed by atoms with Crippen molar-refractivity contribution in [3.05, 3.63) is 0 Å². The van der Waals surface area contributed by atoms with Gasteiger partial charge in [0.1, 0.15) is 11.7 Å². The third kappa shape index (κ3) is 5.97. The molecule has 0 bridgehead atoms. The number of carbonyl (C=O) groups is 2. The Balaban J connectivity index is 1.30. The molecule has 0 aromatic heterocycles. The Morgan fingerprint density at radius 1 is 0.852 bits per heavy atom. The van der Waals surface area contributed by atoms with Crippen molar-refractivity contribution in [2.24, 2.45) is 0 Å². The number of piperidine rings is 1. The number of hydrogen-bond donors (Lipinski definition) is 1. The van der Waals surface area contributed by atoms with E-state index in [0.717, 1.165) is 38.8 Å². The zero-order valence-corrected chi connectivity index (χ0v) is 16.7. The highest BCUT2D eigenvalue weighted by molar-refractivity contribution is 5.68. The molecule has 3 fully saturated rings. The molecule has 0 aromatic carbocycles. The van der Waals surface area contributed by atoms with Gasteiger partial charge < -0.3 is 29.3 Å². The Labute approximate surface area is 161 Å². The van der Waals surface area contributed by atoms with E-state index in [1.807, 2.05) is 20.8 Å². The van der Waals surface area contributed by atoms with E-state index in [-0.39, 0.29) is 30.5 Å². The maximum absolute atomic E-state index is 12.1. The molecule has 0 atom stereocenters. The van der Waals surface area contributed by atoms with Crippen LogP contribution in [0.5, 0.6) is 0 Å². The van der Waals surface area contributed by atoms with Crippen LogP contribution in [-0.4, -0.2) is 85.2 Å². The summed E-state index contributed by atoms with van der Waals surface area (Å²) in [6.07, 6.45) is 3.02. The topological polar surface area (TPSA) is 80.3 Å². The number of rotatable bonds is 3. The van der Waals surface area contributed by atoms with Crippen LogP contribution in [0.25, 0.3) is 0 Å². The molecule has 3 rings (SSSR count). The van der Waals surface area contributed by atoms with Gasteiger partial charge in [-0.05, 0) is 33.6 Å². The summed E-state index contributed by atoms with van der Waals surface area (Å²) < 4.78 is 17.1. The fraction of sp³-hybridized carbons (Fsp3) is 0.895. The minimum absolute atomic E-state index is 0.0285. The highest BCUT2D eigenvalue weighted by Gasteiger charge is 2.37. The van der Waals surface area contributed by atoms with Gasteiger partial charge in [-0.3, -0.25) is 0 Å². The summed E-state index contributed by atoms with van der Waals surface area (Å²) in [4.78, 5) is 27.7. The second-order valence-electron chi connectivity index (χ2n) is 8.64. The van der Waals surface area contributed by atoms with Crippen molar-refractivity contribution in [3.8, 4) is 0 Å². The molecule has 2 heterocycles. The monoisotopic (exact) mass is 383 g/mol. The van der Waals surface area contributed by atoms with Crippen molar-refractivity contribution in [2.75, 3.05) is 39.3 Å². The van der Waals surface area contributed by atoms with Crippen molar-refractivity contribution >= 4 is 12.2 Å². The molecule has 1 aliphatic carbocycles. The third-order valence-corrected chi connectivity index (χ3v) is 5.17. The van der Waals surface area contributed by atoms with E-state index < -0.39 is 5.60 Å². The first-order chi connectivity index (χ1) is 12.8. The van der Waals surface area contributed by atoms with Gasteiger partial charge in [-0.2, -0.15) is 0 Å². The molecule has 8 heteroatoms. The summed E-state index contributed by atoms with van der Waals surface area (Å²) >= 11 is 0. The molecular weight excluding hydrogens is 350 g/mol. The molecule has 2 amide bonds. The fourth-order valence-electron chi connectivity index (χ4n) is 3.56. The molecule has 8 nitrogen and oxygen atoms in total. The predicted molar refractivity (Wildman–Crippen MR) is 99.6 cm³/mol. The van der Waals surface area contributed by atoms with Crippen LogP contribution in [0.4, 0.5) is 9.59 Å². The normalized spacial score (nSPS) is 27.1. The van der Waals surface area contributed by atoms with Gasteiger partial charge in [0.2, 0.25) is 0 Å². The molecular formula is C19H33N3O5. The second-order valence-corrected chi connectivity index (χ2v) is 8.64. The van der Waals surface area contributed by atoms with Crippen LogP contribution in [0, 0.1) is 0 Å². The lowest BCUT2D eigenvalue weighted by Crippen LogP contribution is -2.50. The molecule has 0 radical (unpaired) electrons. The zero-order chi connectivity index (χ0) is 19.4. The van der Waals surface area contributed by atoms with Gasteiger partial charge in [0.15, 0.2) is 0 Å². The Morgan fingerprint density at radius 2 is 1.44 bits per heavy atom. The van der Waals surface area contributed by atoms with Crippen molar-refractivity contribution < 1.29 is 23.8 Å². The number of piperazine rings is 1. The summed E-state index contributed by atoms with van der Waals surface area (Å²) in [5.74, 6) is 0. The van der Waals surface area contributed by atoms with Crippen molar-refractivity contribution in [3.63, 3.8) is 0 Å². The Hall–Kier alpha value is -1.54. The third-order valence-electron chi connectivity index (χ3n) is 5.17. The first-order valence-corrected chi connectivity index (χ1v) is 10.1. The number of nitrogens with one attached hydrogen (secondary N) is 1. The quantitative estimate of drug-likeness (QED) is 0.803. The second kappa shape index (κ2) is 8.65. The highest BCUT2D eigenvalue weighted by Crippen LogP contribution is 2.30. The Morgan fingerprint density at radius 3 is 2.04 bits per heavy atom. The molecule has 154 valence electrons. The standard InChI is InChI=1S/C19H33N3O5/c1-19(2,3)27-18(24)21-8-4-14(5-9-21)25-15-12-16(13-15)26-17(23)22-10-6-20-7-11-22/h14-16,20H,4-13H2,1-3H3/t15-,16-. The summed E-state index contributed by atoms with van der Waals surface area (Å²) in [5, 5.41) is 3.22. The van der Waals surface area contributed by atoms with Crippen LogP contribution in [0.2, 0.25) is 0 Å². The largest absolute Gasteiger partial charge is 0.446 e. The van der Waals surface area contributed by atoms with E-state index in [1.54, 1.807) is 9.80 Å². The molecule has 0 aromatic rings. The van der Waals surface area contributed by atoms with E-state index in [4.69, 9.17) is 14.2 Å². The number of ether oxygens (including phenoxy) is 3. The van der Waals surface area contributed by atoms with Gasteiger partial charge in [0.05, 0.1) is 12.2 Å². The minimum atomic E-state index is -0.465. The van der Waals surface area contributed by atoms with E-state index in [9.17, 15) is 9.59 Å². The van der Waals surface area contributed by atoms with E-state index >= 15 is 0 Å². The van der Waals surface area contributed by atoms with Crippen LogP contribution in [-0.2, 0) is 14.2 Å². The van der Waals surface area contributed by atoms with Crippen molar-refractivity contribution in [1.82, 2.24) is 15.1 Å². The molecule has 2 aliphatic heterocycles. The molecule has 2 saturated heterocycles. The maximum atomic E-state index is 12.1. The van der Waals surface area contributed by atoms with Crippen LogP contribution >= 0.6 is 0 Å². The molecule has 1 saturated carbocycles. The smallest absolute Gasteiger partial charge is 0.410 e. The number of amides is 2. The van der Waals surface area contributed by atoms with E-state index in [0.29, 0.717) is 26.2 Å². The van der Waals surface area contributed by atoms with Gasteiger partial charge in [-0.1, -0.05) is 0 Å². The van der Waals surface area contributed by atoms with Gasteiger partial charge in [0.25, 0.3) is 0 Å². The van der Waals surface area contributed by atoms with Gasteiger partial charge in [-0.15, -0.1) is 0 Å². The van der Waals surface area contributed by atoms with E-state index in [2.05, 4.69) is 5.32 Å². The lowest BCUT2D eigenvalue weighted by Gasteiger charge is -2.40. The van der Waals surface area contributed by atoms with Crippen LogP contribution in [0.1, 0.15) is 46.5 Å². The summed E-state index contributed by atoms with van der Waals surface area (Å²) in [6, 6.07) is 0. The summed E-state index contributed by atoms with van der Waals surface area (Å²) in [7, 11) is 0. The summed E-state index contributed by atoms with van der Waals surface area (Å²) in [5.41, 5.74) is -0.465. The van der Waals surface area contributed by atoms with Crippen LogP contribution in [0.15, 0.2) is 0 Å². The predicted octanol–water partition coefficient (Wildman–Crippen LogP) is 1.98. The SMILES string of the molecule is CC(C)(C)OC(=O)N1CCC(O[C@H]2C[C@H](OC(=O)N3CCNCC3)C2)CC1. The van der Waals surface area contributed by atoms with Gasteiger partial charge in [-0.25, -0.2) is 9.59 Å². The molecule has 3 aliphatic rings. The Kier molecular flexibility index (Phi) is 6.47. The van der Waals surface area contributed by atoms with Crippen LogP contribution in [0.3, 0.4) is 0 Å². The number of nitrogens with zero attached hydrogens (tertiary/aromatic N) is 2. The van der Waals surface area contributed by atoms with Crippen molar-refractivity contribution in [2.45, 2.75) is 70.4 Å². The molecule has 1 N–H and O–H groups in total. The molecule has 0 spiro atoms. The number of carbonyl (C=O) groups excluding carboxylic acids is 2. The zero-order valence-electron chi connectivity index (χ0n) is 16.7. The molecule has 0 unspecified atom stereocenters. The lowest BCUT2D eigenvalue weighted by atomic mass is 9.91. The van der Waals surface area contributed by atoms with Gasteiger partial charge in [0, 0.05) is 52.1 Å². The summed E-state index contributed by atoms with van der Waals surface area (Å²) in [6.45, 7) is 10.0. The van der Waals surface area contributed by atoms with E-state index in [1.165, 1.54) is 0 Å². The lowest BCUT2D eigenvalue weighted by molar-refractivity contribution is -0.120. The van der Waals surface area contributed by atoms with Crippen LogP contribution < -0.4 is 5.32 Å².